The van der Waals surface area contributed by atoms with Crippen LogP contribution in [0.3, 0.4) is 0 Å². The molecule has 7 heteroatoms. The van der Waals surface area contributed by atoms with Crippen LogP contribution in [0.25, 0.3) is 0 Å². The molecule has 3 saturated carbocycles. The summed E-state index contributed by atoms with van der Waals surface area (Å²) in [6.07, 6.45) is 31.8. The van der Waals surface area contributed by atoms with Crippen molar-refractivity contribution in [2.45, 2.75) is 388 Å². The first-order valence-electron chi connectivity index (χ1n) is 39.4. The van der Waals surface area contributed by atoms with E-state index in [1.807, 2.05) is 0 Å². The lowest BCUT2D eigenvalue weighted by molar-refractivity contribution is -0.0161. The van der Waals surface area contributed by atoms with Crippen LogP contribution in [0, 0.1) is 61.1 Å². The summed E-state index contributed by atoms with van der Waals surface area (Å²) in [7, 11) is 0. The third-order valence-electron chi connectivity index (χ3n) is 27.3. The molecule has 5 spiro atoms. The molecule has 10 aliphatic rings. The Morgan fingerprint density at radius 1 is 0.198 bits per heavy atom. The molecule has 3 aliphatic carbocycles. The fourth-order valence-corrected chi connectivity index (χ4v) is 19.6. The van der Waals surface area contributed by atoms with Crippen molar-refractivity contribution in [1.29, 1.82) is 0 Å². The average Bonchev–Trinajstić information content (AvgIpc) is 1.82. The molecule has 7 saturated heterocycles. The van der Waals surface area contributed by atoms with Crippen LogP contribution in [-0.2, 0) is 0 Å². The maximum Gasteiger partial charge on any atom is 0.0125 e. The summed E-state index contributed by atoms with van der Waals surface area (Å²) in [5.74, 6) is 2.85. The zero-order valence-corrected chi connectivity index (χ0v) is 67.8. The molecule has 0 aromatic heterocycles. The molecule has 0 bridgehead atoms. The summed E-state index contributed by atoms with van der Waals surface area (Å²) < 4.78 is 0. The lowest BCUT2D eigenvalue weighted by Crippen LogP contribution is -2.53. The fourth-order valence-electron chi connectivity index (χ4n) is 19.6. The Morgan fingerprint density at radius 2 is 0.407 bits per heavy atom. The van der Waals surface area contributed by atoms with Gasteiger partial charge in [-0.25, -0.2) is 0 Å². The van der Waals surface area contributed by atoms with E-state index < -0.39 is 0 Å². The molecule has 0 aromatic carbocycles. The fraction of sp³-hybridized carbons (Fsp3) is 1.00. The minimum atomic E-state index is 0.336. The number of nitrogens with zero attached hydrogens (tertiary/aromatic N) is 7. The predicted octanol–water partition coefficient (Wildman–Crippen LogP) is 21.3. The van der Waals surface area contributed by atoms with Gasteiger partial charge in [0.1, 0.15) is 0 Å². The Kier molecular flexibility index (Phi) is 25.5. The third kappa shape index (κ3) is 22.4. The molecule has 7 nitrogen and oxygen atoms in total. The van der Waals surface area contributed by atoms with Gasteiger partial charge in [0.15, 0.2) is 0 Å². The Labute approximate surface area is 571 Å². The van der Waals surface area contributed by atoms with Gasteiger partial charge in [0.05, 0.1) is 0 Å². The van der Waals surface area contributed by atoms with Gasteiger partial charge in [-0.15, -0.1) is 0 Å². The Morgan fingerprint density at radius 3 is 0.714 bits per heavy atom. The molecule has 7 aliphatic heterocycles. The molecule has 4 unspecified atom stereocenters. The highest BCUT2D eigenvalue weighted by atomic mass is 15.3. The lowest BCUT2D eigenvalue weighted by atomic mass is 9.61. The smallest absolute Gasteiger partial charge is 0.0125 e. The van der Waals surface area contributed by atoms with Crippen molar-refractivity contribution in [3.8, 4) is 0 Å². The molecule has 4 atom stereocenters. The molecular formula is C84H165N7. The molecule has 91 heavy (non-hydrogen) atoms. The summed E-state index contributed by atoms with van der Waals surface area (Å²) >= 11 is 0. The van der Waals surface area contributed by atoms with Crippen molar-refractivity contribution in [2.75, 3.05) is 91.6 Å². The van der Waals surface area contributed by atoms with Gasteiger partial charge in [0, 0.05) is 71.5 Å². The Bertz CT molecular complexity index is 2060. The van der Waals surface area contributed by atoms with E-state index in [0.29, 0.717) is 82.1 Å². The van der Waals surface area contributed by atoms with E-state index in [1.165, 1.54) is 233 Å². The molecule has 0 N–H and O–H groups in total. The van der Waals surface area contributed by atoms with E-state index in [-0.39, 0.29) is 0 Å². The predicted molar refractivity (Wildman–Crippen MR) is 402 cm³/mol. The molecule has 10 fully saturated rings. The van der Waals surface area contributed by atoms with Gasteiger partial charge >= 0.3 is 0 Å². The van der Waals surface area contributed by atoms with Crippen LogP contribution in [0.15, 0.2) is 0 Å². The normalized spacial score (nSPS) is 31.9. The first kappa shape index (κ1) is 79.7. The van der Waals surface area contributed by atoms with E-state index in [4.69, 9.17) is 0 Å². The zero-order chi connectivity index (χ0) is 68.7. The van der Waals surface area contributed by atoms with Gasteiger partial charge in [-0.1, -0.05) is 62.3 Å². The average molecular weight is 1270 g/mol. The second-order valence-electron chi connectivity index (χ2n) is 44.3. The maximum atomic E-state index is 2.74. The van der Waals surface area contributed by atoms with Gasteiger partial charge in [0.2, 0.25) is 0 Å². The summed E-state index contributed by atoms with van der Waals surface area (Å²) in [6, 6.07) is 0. The van der Waals surface area contributed by atoms with Crippen LogP contribution in [0.1, 0.15) is 349 Å². The minimum absolute atomic E-state index is 0.336. The number of likely N-dealkylation sites (tertiary alicyclic amines) is 7. The third-order valence-corrected chi connectivity index (χ3v) is 27.3. The number of hydrogen-bond acceptors (Lipinski definition) is 7. The molecule has 0 radical (unpaired) electrons. The molecule has 7 heterocycles. The Hall–Kier alpha value is -0.280. The van der Waals surface area contributed by atoms with E-state index >= 15 is 0 Å². The zero-order valence-electron chi connectivity index (χ0n) is 67.8. The SMILES string of the molecule is CC(C)(C)C1CCC2(CCCN(C(C)(C)C)C2)C1.CC(C)(C)C1CCC2(CCCN(C(C)(C)C)C2)CC1.CC(C)(C)C1CCC2(CCN(C(C)(C)C)CC2)C1.CC(C)(C)N1CCC2(CC1)CCN(C(C)(C)C)C2.CC(C)(C)N1CCCC2(CCN(C(C)(C)C)C2)C1. The van der Waals surface area contributed by atoms with E-state index in [2.05, 4.69) is 242 Å². The van der Waals surface area contributed by atoms with Crippen LogP contribution < -0.4 is 0 Å². The second-order valence-corrected chi connectivity index (χ2v) is 44.3. The lowest BCUT2D eigenvalue weighted by Gasteiger charge is -2.52. The van der Waals surface area contributed by atoms with E-state index in [9.17, 15) is 0 Å². The van der Waals surface area contributed by atoms with Crippen molar-refractivity contribution in [3.63, 3.8) is 0 Å². The van der Waals surface area contributed by atoms with Gasteiger partial charge in [-0.05, 0) is 407 Å². The van der Waals surface area contributed by atoms with E-state index in [0.717, 1.165) is 17.8 Å². The van der Waals surface area contributed by atoms with Crippen LogP contribution >= 0.6 is 0 Å². The molecule has 0 amide bonds. The summed E-state index contributed by atoms with van der Waals surface area (Å²) in [5, 5.41) is 0. The minimum Gasteiger partial charge on any atom is -0.298 e. The second kappa shape index (κ2) is 29.1. The van der Waals surface area contributed by atoms with Gasteiger partial charge < -0.3 is 0 Å². The quantitative estimate of drug-likeness (QED) is 0.238. The largest absolute Gasteiger partial charge is 0.298 e. The Balaban J connectivity index is 0.000000181. The highest BCUT2D eigenvalue weighted by Crippen LogP contribution is 2.56. The number of hydrogen-bond donors (Lipinski definition) is 0. The van der Waals surface area contributed by atoms with Crippen molar-refractivity contribution < 1.29 is 0 Å². The highest BCUT2D eigenvalue weighted by molar-refractivity contribution is 5.04. The summed E-state index contributed by atoms with van der Waals surface area (Å²) in [5.41, 5.74) is 7.23. The van der Waals surface area contributed by atoms with Crippen molar-refractivity contribution >= 4 is 0 Å². The van der Waals surface area contributed by atoms with Crippen LogP contribution in [-0.4, -0.2) is 165 Å². The monoisotopic (exact) mass is 1270 g/mol. The van der Waals surface area contributed by atoms with Gasteiger partial charge in [-0.2, -0.15) is 0 Å². The van der Waals surface area contributed by atoms with Crippen molar-refractivity contribution in [2.24, 2.45) is 61.1 Å². The van der Waals surface area contributed by atoms with Gasteiger partial charge in [-0.3, -0.25) is 34.3 Å². The van der Waals surface area contributed by atoms with Crippen LogP contribution in [0.2, 0.25) is 0 Å². The summed E-state index contributed by atoms with van der Waals surface area (Å²) in [6.45, 7) is 89.9. The standard InChI is InChI=1S/C18H35N.2C17H33N.2C16H32N2/c1-16(2,3)15-8-11-18(12-9-15)10-7-13-19(14-18)17(4,5)6;1-15(2,3)14-8-10-17(12-14)9-7-11-18(13-17)16(4,5)6;1-15(2,3)14-7-8-17(13-14)9-11-18(12-10-17)16(4,5)6;1-14(2,3)17-10-7-16(8-11-17)9-12-18(13-16)15(4,5)6;1-14(2,3)17-10-7-8-16(12-17)9-11-18(13-16)15(4,5)6/h15H,7-14H2,1-6H3;2*14H,7-13H2,1-6H3;2*7-13H2,1-6H3. The first-order valence-corrected chi connectivity index (χ1v) is 39.4. The topological polar surface area (TPSA) is 22.7 Å². The van der Waals surface area contributed by atoms with E-state index in [1.54, 1.807) is 0 Å². The molecule has 10 rings (SSSR count). The van der Waals surface area contributed by atoms with Crippen LogP contribution in [0.5, 0.6) is 0 Å². The number of rotatable bonds is 0. The number of piperidine rings is 5. The molecular weight excluding hydrogens is 1110 g/mol. The van der Waals surface area contributed by atoms with Gasteiger partial charge in [0.25, 0.3) is 0 Å². The molecule has 536 valence electrons. The maximum absolute atomic E-state index is 2.74. The molecule has 0 aromatic rings. The van der Waals surface area contributed by atoms with Crippen molar-refractivity contribution in [3.05, 3.63) is 0 Å². The van der Waals surface area contributed by atoms with Crippen molar-refractivity contribution in [1.82, 2.24) is 34.3 Å². The summed E-state index contributed by atoms with van der Waals surface area (Å²) in [4.78, 5) is 18.9. The first-order chi connectivity index (χ1) is 41.1. The highest BCUT2D eigenvalue weighted by Gasteiger charge is 2.50. The van der Waals surface area contributed by atoms with Crippen LogP contribution in [0.4, 0.5) is 0 Å².